The number of carbonyl (C=O) groups excluding carboxylic acids is 2. The van der Waals surface area contributed by atoms with Crippen molar-refractivity contribution in [1.29, 1.82) is 0 Å². The van der Waals surface area contributed by atoms with Crippen LogP contribution in [0, 0.1) is 0 Å². The van der Waals surface area contributed by atoms with Crippen molar-refractivity contribution in [2.45, 2.75) is 39.5 Å². The van der Waals surface area contributed by atoms with E-state index >= 15 is 0 Å². The second-order valence-corrected chi connectivity index (χ2v) is 3.44. The third-order valence-corrected chi connectivity index (χ3v) is 1.81. The second-order valence-electron chi connectivity index (χ2n) is 3.44. The molecule has 0 fully saturated rings. The Labute approximate surface area is 96.6 Å². The maximum absolute atomic E-state index is 10.4. The van der Waals surface area contributed by atoms with Crippen molar-refractivity contribution in [2.75, 3.05) is 13.2 Å². The summed E-state index contributed by atoms with van der Waals surface area (Å²) < 4.78 is 9.57. The van der Waals surface area contributed by atoms with Crippen LogP contribution in [0.4, 0.5) is 0 Å². The molecule has 0 N–H and O–H groups in total. The van der Waals surface area contributed by atoms with Crippen LogP contribution in [0.15, 0.2) is 12.2 Å². The van der Waals surface area contributed by atoms with Gasteiger partial charge in [0.05, 0.1) is 13.2 Å². The first-order valence-electron chi connectivity index (χ1n) is 5.54. The van der Waals surface area contributed by atoms with Gasteiger partial charge < -0.3 is 9.47 Å². The molecule has 0 aliphatic carbocycles. The van der Waals surface area contributed by atoms with E-state index in [0.29, 0.717) is 13.2 Å². The zero-order valence-electron chi connectivity index (χ0n) is 10.0. The maximum Gasteiger partial charge on any atom is 0.302 e. The van der Waals surface area contributed by atoms with Gasteiger partial charge in [-0.3, -0.25) is 9.59 Å². The first kappa shape index (κ1) is 14.7. The van der Waals surface area contributed by atoms with E-state index < -0.39 is 0 Å². The van der Waals surface area contributed by atoms with Gasteiger partial charge in [0.25, 0.3) is 0 Å². The fourth-order valence-corrected chi connectivity index (χ4v) is 1.07. The quantitative estimate of drug-likeness (QED) is 0.363. The number of ether oxygens (including phenoxy) is 2. The van der Waals surface area contributed by atoms with Crippen LogP contribution in [-0.2, 0) is 19.1 Å². The minimum Gasteiger partial charge on any atom is -0.466 e. The molecule has 4 heteroatoms. The molecule has 4 nitrogen and oxygen atoms in total. The van der Waals surface area contributed by atoms with E-state index in [2.05, 4.69) is 12.2 Å². The fraction of sp³-hybridized carbons (Fsp3) is 0.667. The van der Waals surface area contributed by atoms with Crippen LogP contribution in [0.3, 0.4) is 0 Å². The highest BCUT2D eigenvalue weighted by Gasteiger charge is 1.91. The van der Waals surface area contributed by atoms with Crippen molar-refractivity contribution in [1.82, 2.24) is 0 Å². The van der Waals surface area contributed by atoms with E-state index in [4.69, 9.17) is 9.47 Å². The smallest absolute Gasteiger partial charge is 0.302 e. The highest BCUT2D eigenvalue weighted by molar-refractivity contribution is 5.66. The molecular formula is C12H20O4. The second kappa shape index (κ2) is 10.2. The molecule has 0 amide bonds. The summed E-state index contributed by atoms with van der Waals surface area (Å²) in [7, 11) is 0. The Morgan fingerprint density at radius 1 is 0.875 bits per heavy atom. The standard InChI is InChI=1S/C12H20O4/c1-11(13)15-9-7-5-3-4-6-8-10-16-12(2)14/h3-4H,5-10H2,1-2H3. The Bertz CT molecular complexity index is 209. The third kappa shape index (κ3) is 12.7. The van der Waals surface area contributed by atoms with Crippen molar-refractivity contribution in [2.24, 2.45) is 0 Å². The molecule has 0 aromatic rings. The van der Waals surface area contributed by atoms with Crippen LogP contribution in [0.25, 0.3) is 0 Å². The zero-order chi connectivity index (χ0) is 12.2. The van der Waals surface area contributed by atoms with Gasteiger partial charge in [-0.1, -0.05) is 12.2 Å². The number of allylic oxidation sites excluding steroid dienone is 2. The normalized spacial score (nSPS) is 10.4. The van der Waals surface area contributed by atoms with Gasteiger partial charge >= 0.3 is 11.9 Å². The largest absolute Gasteiger partial charge is 0.466 e. The summed E-state index contributed by atoms with van der Waals surface area (Å²) in [6, 6.07) is 0. The average molecular weight is 228 g/mol. The van der Waals surface area contributed by atoms with E-state index in [0.717, 1.165) is 25.7 Å². The number of hydrogen-bond acceptors (Lipinski definition) is 4. The summed E-state index contributed by atoms with van der Waals surface area (Å²) >= 11 is 0. The van der Waals surface area contributed by atoms with Crippen molar-refractivity contribution < 1.29 is 19.1 Å². The van der Waals surface area contributed by atoms with Gasteiger partial charge in [0, 0.05) is 13.8 Å². The van der Waals surface area contributed by atoms with Crippen LogP contribution in [0.1, 0.15) is 39.5 Å². The molecule has 0 unspecified atom stereocenters. The first-order valence-corrected chi connectivity index (χ1v) is 5.54. The van der Waals surface area contributed by atoms with Gasteiger partial charge in [0.2, 0.25) is 0 Å². The van der Waals surface area contributed by atoms with E-state index in [1.807, 2.05) is 0 Å². The minimum absolute atomic E-state index is 0.231. The molecule has 0 spiro atoms. The summed E-state index contributed by atoms with van der Waals surface area (Å²) in [4.78, 5) is 20.8. The summed E-state index contributed by atoms with van der Waals surface area (Å²) in [5, 5.41) is 0. The minimum atomic E-state index is -0.231. The van der Waals surface area contributed by atoms with Crippen molar-refractivity contribution >= 4 is 11.9 Å². The summed E-state index contributed by atoms with van der Waals surface area (Å²) in [6.45, 7) is 3.77. The maximum atomic E-state index is 10.4. The molecular weight excluding hydrogens is 208 g/mol. The predicted octanol–water partition coefficient (Wildman–Crippen LogP) is 2.23. The van der Waals surface area contributed by atoms with E-state index in [1.54, 1.807) is 0 Å². The Morgan fingerprint density at radius 2 is 1.25 bits per heavy atom. The number of unbranched alkanes of at least 4 members (excludes halogenated alkanes) is 2. The lowest BCUT2D eigenvalue weighted by molar-refractivity contribution is -0.142. The number of rotatable bonds is 8. The van der Waals surface area contributed by atoms with Crippen LogP contribution in [0.2, 0.25) is 0 Å². The molecule has 0 heterocycles. The highest BCUT2D eigenvalue weighted by Crippen LogP contribution is 1.97. The molecule has 0 atom stereocenters. The Hall–Kier alpha value is -1.32. The van der Waals surface area contributed by atoms with Crippen molar-refractivity contribution in [3.63, 3.8) is 0 Å². The lowest BCUT2D eigenvalue weighted by Gasteiger charge is -1.99. The van der Waals surface area contributed by atoms with Crippen molar-refractivity contribution in [3.05, 3.63) is 12.2 Å². The van der Waals surface area contributed by atoms with Gasteiger partial charge in [-0.2, -0.15) is 0 Å². The average Bonchev–Trinajstić information content (AvgIpc) is 2.20. The van der Waals surface area contributed by atoms with E-state index in [1.165, 1.54) is 13.8 Å². The van der Waals surface area contributed by atoms with Crippen LogP contribution in [-0.4, -0.2) is 25.2 Å². The van der Waals surface area contributed by atoms with Crippen molar-refractivity contribution in [3.8, 4) is 0 Å². The number of esters is 2. The van der Waals surface area contributed by atoms with Gasteiger partial charge in [-0.05, 0) is 25.7 Å². The third-order valence-electron chi connectivity index (χ3n) is 1.81. The molecule has 0 saturated carbocycles. The van der Waals surface area contributed by atoms with Crippen LogP contribution >= 0.6 is 0 Å². The topological polar surface area (TPSA) is 52.6 Å². The summed E-state index contributed by atoms with van der Waals surface area (Å²) in [5.41, 5.74) is 0. The molecule has 0 aliphatic heterocycles. The molecule has 0 aromatic heterocycles. The highest BCUT2D eigenvalue weighted by atomic mass is 16.5. The molecule has 92 valence electrons. The van der Waals surface area contributed by atoms with Gasteiger partial charge in [0.1, 0.15) is 0 Å². The Balaban J connectivity index is 3.16. The number of hydrogen-bond donors (Lipinski definition) is 0. The number of carbonyl (C=O) groups is 2. The molecule has 0 saturated heterocycles. The fourth-order valence-electron chi connectivity index (χ4n) is 1.07. The monoisotopic (exact) mass is 228 g/mol. The van der Waals surface area contributed by atoms with E-state index in [9.17, 15) is 9.59 Å². The predicted molar refractivity (Wildman–Crippen MR) is 60.9 cm³/mol. The SMILES string of the molecule is CC(=O)OCCCC=CCCCOC(C)=O. The zero-order valence-corrected chi connectivity index (χ0v) is 10.0. The molecule has 16 heavy (non-hydrogen) atoms. The Morgan fingerprint density at radius 3 is 1.56 bits per heavy atom. The molecule has 0 bridgehead atoms. The van der Waals surface area contributed by atoms with Crippen LogP contribution in [0.5, 0.6) is 0 Å². The van der Waals surface area contributed by atoms with Gasteiger partial charge in [-0.25, -0.2) is 0 Å². The first-order chi connectivity index (χ1) is 7.63. The molecule has 0 radical (unpaired) electrons. The Kier molecular flexibility index (Phi) is 9.36. The molecule has 0 aliphatic rings. The lowest BCUT2D eigenvalue weighted by atomic mass is 10.2. The van der Waals surface area contributed by atoms with Gasteiger partial charge in [-0.15, -0.1) is 0 Å². The summed E-state index contributed by atoms with van der Waals surface area (Å²) in [6.07, 6.45) is 7.61. The summed E-state index contributed by atoms with van der Waals surface area (Å²) in [5.74, 6) is -0.462. The lowest BCUT2D eigenvalue weighted by Crippen LogP contribution is -2.00. The molecule has 0 rings (SSSR count). The van der Waals surface area contributed by atoms with Crippen LogP contribution < -0.4 is 0 Å². The molecule has 0 aromatic carbocycles. The van der Waals surface area contributed by atoms with Gasteiger partial charge in [0.15, 0.2) is 0 Å². The van der Waals surface area contributed by atoms with E-state index in [-0.39, 0.29) is 11.9 Å².